The van der Waals surface area contributed by atoms with Crippen LogP contribution in [0.3, 0.4) is 0 Å². The van der Waals surface area contributed by atoms with Crippen molar-refractivity contribution in [2.45, 2.75) is 4.84 Å². The highest BCUT2D eigenvalue weighted by atomic mass is 35.5. The van der Waals surface area contributed by atoms with Crippen molar-refractivity contribution in [2.24, 2.45) is 7.05 Å². The molecule has 0 unspecified atom stereocenters. The summed E-state index contributed by atoms with van der Waals surface area (Å²) in [7, 11) is 1.48. The van der Waals surface area contributed by atoms with E-state index in [-0.39, 0.29) is 5.39 Å². The molecule has 0 radical (unpaired) electrons. The maximum atomic E-state index is 12.1. The first-order valence-electron chi connectivity index (χ1n) is 5.18. The molecule has 0 fully saturated rings. The first-order valence-corrected chi connectivity index (χ1v) is 6.43. The highest BCUT2D eigenvalue weighted by molar-refractivity contribution is 6.55. The molecular formula is C12H8Cl3NO3. The summed E-state index contributed by atoms with van der Waals surface area (Å²) in [5, 5.41) is 10.7. The lowest BCUT2D eigenvalue weighted by atomic mass is 10.1. The molecule has 0 aliphatic heterocycles. The number of carbonyl (C=O) groups excluding carboxylic acids is 1. The number of carbonyl (C=O) groups is 1. The van der Waals surface area contributed by atoms with Gasteiger partial charge in [0.1, 0.15) is 11.3 Å². The van der Waals surface area contributed by atoms with Gasteiger partial charge in [-0.05, 0) is 18.2 Å². The van der Waals surface area contributed by atoms with E-state index in [0.29, 0.717) is 10.5 Å². The van der Waals surface area contributed by atoms with Crippen LogP contribution < -0.4 is 5.56 Å². The highest BCUT2D eigenvalue weighted by Crippen LogP contribution is 2.29. The third-order valence-corrected chi connectivity index (χ3v) is 3.41. The number of aromatic nitrogens is 1. The third-order valence-electron chi connectivity index (χ3n) is 2.77. The smallest absolute Gasteiger partial charge is 0.265 e. The quantitative estimate of drug-likeness (QED) is 0.684. The second-order valence-electron chi connectivity index (χ2n) is 3.91. The van der Waals surface area contributed by atoms with Crippen LogP contribution in [0.25, 0.3) is 10.9 Å². The Kier molecular flexibility index (Phi) is 3.76. The predicted molar refractivity (Wildman–Crippen MR) is 75.7 cm³/mol. The van der Waals surface area contributed by atoms with E-state index in [1.165, 1.54) is 17.7 Å². The number of nitrogens with zero attached hydrogens (tertiary/aromatic N) is 1. The van der Waals surface area contributed by atoms with Crippen LogP contribution in [0, 0.1) is 0 Å². The number of benzene rings is 1. The number of alkyl halides is 2. The molecule has 1 aromatic heterocycles. The van der Waals surface area contributed by atoms with Gasteiger partial charge < -0.3 is 9.67 Å². The van der Waals surface area contributed by atoms with Gasteiger partial charge in [0.25, 0.3) is 5.56 Å². The largest absolute Gasteiger partial charge is 0.506 e. The number of rotatable bonds is 2. The lowest BCUT2D eigenvalue weighted by Crippen LogP contribution is -2.27. The van der Waals surface area contributed by atoms with Crippen molar-refractivity contribution in [1.82, 2.24) is 4.57 Å². The standard InChI is InChI=1S/C12H8Cl3NO3/c1-16-7-3-2-5(13)4-6(7)9(17)8(12(16)19)10(18)11(14)15/h2-4,11,17H,1H3. The molecule has 0 saturated heterocycles. The van der Waals surface area contributed by atoms with Gasteiger partial charge in [0.2, 0.25) is 5.78 Å². The van der Waals surface area contributed by atoms with Crippen molar-refractivity contribution in [2.75, 3.05) is 0 Å². The Hall–Kier alpha value is -1.23. The van der Waals surface area contributed by atoms with Crippen molar-refractivity contribution in [1.29, 1.82) is 0 Å². The fourth-order valence-electron chi connectivity index (χ4n) is 1.83. The van der Waals surface area contributed by atoms with Crippen LogP contribution in [0.5, 0.6) is 5.75 Å². The van der Waals surface area contributed by atoms with Gasteiger partial charge in [-0.3, -0.25) is 9.59 Å². The zero-order valence-corrected chi connectivity index (χ0v) is 11.9. The number of ketones is 1. The van der Waals surface area contributed by atoms with Crippen LogP contribution in [0.2, 0.25) is 5.02 Å². The van der Waals surface area contributed by atoms with Crippen molar-refractivity contribution < 1.29 is 9.90 Å². The molecule has 0 spiro atoms. The Labute approximate surface area is 123 Å². The number of Topliss-reactive ketones (excluding diaryl/α,β-unsaturated/α-hetero) is 1. The lowest BCUT2D eigenvalue weighted by molar-refractivity contribution is 0.100. The molecule has 0 aliphatic carbocycles. The molecule has 100 valence electrons. The molecule has 4 nitrogen and oxygen atoms in total. The summed E-state index contributed by atoms with van der Waals surface area (Å²) in [6, 6.07) is 4.61. The third kappa shape index (κ3) is 2.31. The molecule has 0 saturated carbocycles. The average molecular weight is 321 g/mol. The zero-order chi connectivity index (χ0) is 14.3. The second kappa shape index (κ2) is 5.04. The van der Waals surface area contributed by atoms with Gasteiger partial charge in [-0.1, -0.05) is 34.8 Å². The van der Waals surface area contributed by atoms with Gasteiger partial charge in [-0.2, -0.15) is 0 Å². The molecule has 1 heterocycles. The Morgan fingerprint density at radius 1 is 1.37 bits per heavy atom. The molecule has 1 aromatic carbocycles. The number of aryl methyl sites for hydroxylation is 1. The molecule has 0 atom stereocenters. The Morgan fingerprint density at radius 2 is 2.00 bits per heavy atom. The van der Waals surface area contributed by atoms with Crippen LogP contribution in [-0.4, -0.2) is 20.3 Å². The molecule has 2 rings (SSSR count). The summed E-state index contributed by atoms with van der Waals surface area (Å²) in [6.07, 6.45) is 0. The fraction of sp³-hybridized carbons (Fsp3) is 0.167. The molecular weight excluding hydrogens is 312 g/mol. The van der Waals surface area contributed by atoms with Gasteiger partial charge in [-0.25, -0.2) is 0 Å². The average Bonchev–Trinajstić information content (AvgIpc) is 2.36. The minimum absolute atomic E-state index is 0.284. The summed E-state index contributed by atoms with van der Waals surface area (Å²) in [5.41, 5.74) is -0.653. The van der Waals surface area contributed by atoms with Gasteiger partial charge in [0.05, 0.1) is 5.52 Å². The van der Waals surface area contributed by atoms with E-state index in [1.54, 1.807) is 12.1 Å². The first-order chi connectivity index (χ1) is 8.84. The number of hydrogen-bond acceptors (Lipinski definition) is 3. The molecule has 0 bridgehead atoms. The number of fused-ring (bicyclic) bond motifs is 1. The molecule has 19 heavy (non-hydrogen) atoms. The van der Waals surface area contributed by atoms with Crippen molar-refractivity contribution in [3.05, 3.63) is 39.1 Å². The number of aromatic hydroxyl groups is 1. The van der Waals surface area contributed by atoms with Crippen LogP contribution in [0.4, 0.5) is 0 Å². The van der Waals surface area contributed by atoms with Crippen LogP contribution >= 0.6 is 34.8 Å². The molecule has 0 amide bonds. The molecule has 1 N–H and O–H groups in total. The summed E-state index contributed by atoms with van der Waals surface area (Å²) < 4.78 is 1.23. The summed E-state index contributed by atoms with van der Waals surface area (Å²) in [4.78, 5) is 22.4. The van der Waals surface area contributed by atoms with Gasteiger partial charge >= 0.3 is 0 Å². The normalized spacial score (nSPS) is 11.2. The number of pyridine rings is 1. The zero-order valence-electron chi connectivity index (χ0n) is 9.65. The maximum Gasteiger partial charge on any atom is 0.265 e. The van der Waals surface area contributed by atoms with E-state index in [2.05, 4.69) is 0 Å². The van der Waals surface area contributed by atoms with Crippen LogP contribution in [0.15, 0.2) is 23.0 Å². The van der Waals surface area contributed by atoms with Crippen LogP contribution in [0.1, 0.15) is 10.4 Å². The molecule has 0 aliphatic rings. The van der Waals surface area contributed by atoms with E-state index >= 15 is 0 Å². The maximum absolute atomic E-state index is 12.1. The van der Waals surface area contributed by atoms with Crippen LogP contribution in [-0.2, 0) is 7.05 Å². The van der Waals surface area contributed by atoms with E-state index in [9.17, 15) is 14.7 Å². The fourth-order valence-corrected chi connectivity index (χ4v) is 2.22. The minimum atomic E-state index is -1.42. The van der Waals surface area contributed by atoms with E-state index in [1.807, 2.05) is 0 Å². The molecule has 2 aromatic rings. The topological polar surface area (TPSA) is 59.3 Å². The SMILES string of the molecule is Cn1c(=O)c(C(=O)C(Cl)Cl)c(O)c2cc(Cl)ccc21. The van der Waals surface area contributed by atoms with Gasteiger partial charge in [0, 0.05) is 17.5 Å². The van der Waals surface area contributed by atoms with Crippen molar-refractivity contribution >= 4 is 51.5 Å². The Balaban J connectivity index is 2.94. The molecule has 7 heteroatoms. The van der Waals surface area contributed by atoms with E-state index in [4.69, 9.17) is 34.8 Å². The number of hydrogen-bond donors (Lipinski definition) is 1. The minimum Gasteiger partial charge on any atom is -0.506 e. The Bertz CT molecular complexity index is 737. The lowest BCUT2D eigenvalue weighted by Gasteiger charge is -2.11. The van der Waals surface area contributed by atoms with E-state index < -0.39 is 27.5 Å². The highest BCUT2D eigenvalue weighted by Gasteiger charge is 2.25. The monoisotopic (exact) mass is 319 g/mol. The van der Waals surface area contributed by atoms with Gasteiger partial charge in [0.15, 0.2) is 4.84 Å². The van der Waals surface area contributed by atoms with Gasteiger partial charge in [-0.15, -0.1) is 0 Å². The summed E-state index contributed by atoms with van der Waals surface area (Å²) in [5.74, 6) is -1.31. The second-order valence-corrected chi connectivity index (χ2v) is 5.45. The Morgan fingerprint density at radius 3 is 2.58 bits per heavy atom. The summed E-state index contributed by atoms with van der Waals surface area (Å²) in [6.45, 7) is 0. The van der Waals surface area contributed by atoms with Crippen molar-refractivity contribution in [3.63, 3.8) is 0 Å². The first kappa shape index (κ1) is 14.2. The number of halogens is 3. The summed E-state index contributed by atoms with van der Waals surface area (Å²) >= 11 is 16.8. The predicted octanol–water partition coefficient (Wildman–Crippen LogP) is 2.88. The van der Waals surface area contributed by atoms with Crippen molar-refractivity contribution in [3.8, 4) is 5.75 Å². The van der Waals surface area contributed by atoms with E-state index in [0.717, 1.165) is 0 Å².